The Hall–Kier alpha value is -1.71. The molecular formula is C16H23N3O. The van der Waals surface area contributed by atoms with Crippen LogP contribution in [0.1, 0.15) is 44.1 Å². The molecule has 4 heteroatoms. The zero-order valence-electron chi connectivity index (χ0n) is 11.8. The van der Waals surface area contributed by atoms with Crippen molar-refractivity contribution in [2.45, 2.75) is 57.2 Å². The van der Waals surface area contributed by atoms with Gasteiger partial charge in [0.15, 0.2) is 0 Å². The van der Waals surface area contributed by atoms with Crippen molar-refractivity contribution in [3.8, 4) is 0 Å². The van der Waals surface area contributed by atoms with Gasteiger partial charge >= 0.3 is 6.03 Å². The molecule has 0 heterocycles. The number of nitrogens with two attached hydrogens (primary N) is 1. The second-order valence-electron chi connectivity index (χ2n) is 6.03. The maximum absolute atomic E-state index is 12.5. The molecule has 2 aliphatic rings. The smallest absolute Gasteiger partial charge is 0.318 e. The summed E-state index contributed by atoms with van der Waals surface area (Å²) in [7, 11) is 0. The van der Waals surface area contributed by atoms with Crippen LogP contribution in [0.15, 0.2) is 24.3 Å². The molecule has 0 atom stereocenters. The van der Waals surface area contributed by atoms with E-state index < -0.39 is 0 Å². The largest absolute Gasteiger partial charge is 0.399 e. The van der Waals surface area contributed by atoms with Crippen LogP contribution in [0.25, 0.3) is 0 Å². The van der Waals surface area contributed by atoms with Gasteiger partial charge in [0, 0.05) is 24.3 Å². The van der Waals surface area contributed by atoms with Gasteiger partial charge in [-0.25, -0.2) is 4.79 Å². The number of carbonyl (C=O) groups excluding carboxylic acids is 1. The average molecular weight is 273 g/mol. The van der Waals surface area contributed by atoms with Crippen molar-refractivity contribution >= 4 is 11.7 Å². The van der Waals surface area contributed by atoms with Crippen LogP contribution in [-0.4, -0.2) is 23.0 Å². The Balaban J connectivity index is 1.64. The SMILES string of the molecule is Nc1cccc(CN(C(=O)NC2CCCC2)C2CC2)c1. The molecule has 0 saturated heterocycles. The standard InChI is InChI=1S/C16H23N3O/c17-13-5-3-4-12(10-13)11-19(15-8-9-15)16(20)18-14-6-1-2-7-14/h3-5,10,14-15H,1-2,6-9,11,17H2,(H,18,20). The number of nitrogen functional groups attached to an aromatic ring is 1. The first kappa shape index (κ1) is 13.3. The molecule has 1 aromatic carbocycles. The molecule has 0 spiro atoms. The number of hydrogen-bond acceptors (Lipinski definition) is 2. The maximum Gasteiger partial charge on any atom is 0.318 e. The Bertz CT molecular complexity index is 478. The zero-order valence-corrected chi connectivity index (χ0v) is 11.8. The zero-order chi connectivity index (χ0) is 13.9. The predicted molar refractivity (Wildman–Crippen MR) is 80.2 cm³/mol. The van der Waals surface area contributed by atoms with E-state index in [0.717, 1.165) is 36.9 Å². The first-order chi connectivity index (χ1) is 9.72. The van der Waals surface area contributed by atoms with Gasteiger partial charge in [-0.05, 0) is 43.4 Å². The van der Waals surface area contributed by atoms with Crippen molar-refractivity contribution in [1.82, 2.24) is 10.2 Å². The van der Waals surface area contributed by atoms with Gasteiger partial charge in [-0.2, -0.15) is 0 Å². The molecule has 2 amide bonds. The summed E-state index contributed by atoms with van der Waals surface area (Å²) in [6.45, 7) is 0.661. The van der Waals surface area contributed by atoms with Crippen LogP contribution >= 0.6 is 0 Å². The number of urea groups is 1. The summed E-state index contributed by atoms with van der Waals surface area (Å²) in [5.41, 5.74) is 7.68. The summed E-state index contributed by atoms with van der Waals surface area (Å²) in [5.74, 6) is 0. The Morgan fingerprint density at radius 2 is 2.00 bits per heavy atom. The van der Waals surface area contributed by atoms with E-state index in [4.69, 9.17) is 5.73 Å². The molecule has 2 fully saturated rings. The van der Waals surface area contributed by atoms with Gasteiger partial charge in [0.25, 0.3) is 0 Å². The first-order valence-corrected chi connectivity index (χ1v) is 7.64. The number of benzene rings is 1. The van der Waals surface area contributed by atoms with Crippen molar-refractivity contribution in [3.05, 3.63) is 29.8 Å². The highest BCUT2D eigenvalue weighted by molar-refractivity contribution is 5.75. The van der Waals surface area contributed by atoms with Crippen LogP contribution in [0, 0.1) is 0 Å². The van der Waals surface area contributed by atoms with Crippen LogP contribution in [0.2, 0.25) is 0 Å². The van der Waals surface area contributed by atoms with Gasteiger partial charge < -0.3 is 16.0 Å². The Labute approximate surface area is 120 Å². The lowest BCUT2D eigenvalue weighted by Gasteiger charge is -2.25. The van der Waals surface area contributed by atoms with Gasteiger partial charge in [0.2, 0.25) is 0 Å². The number of anilines is 1. The third-order valence-electron chi connectivity index (χ3n) is 4.24. The van der Waals surface area contributed by atoms with E-state index >= 15 is 0 Å². The number of carbonyl (C=O) groups is 1. The van der Waals surface area contributed by atoms with Crippen LogP contribution in [0.4, 0.5) is 10.5 Å². The van der Waals surface area contributed by atoms with E-state index in [0.29, 0.717) is 18.6 Å². The highest BCUT2D eigenvalue weighted by atomic mass is 16.2. The topological polar surface area (TPSA) is 58.4 Å². The quantitative estimate of drug-likeness (QED) is 0.829. The second kappa shape index (κ2) is 5.73. The third-order valence-corrected chi connectivity index (χ3v) is 4.24. The van der Waals surface area contributed by atoms with Gasteiger partial charge in [0.1, 0.15) is 0 Å². The summed E-state index contributed by atoms with van der Waals surface area (Å²) >= 11 is 0. The Morgan fingerprint density at radius 3 is 2.65 bits per heavy atom. The van der Waals surface area contributed by atoms with Crippen molar-refractivity contribution in [1.29, 1.82) is 0 Å². The monoisotopic (exact) mass is 273 g/mol. The summed E-state index contributed by atoms with van der Waals surface area (Å²) in [5, 5.41) is 3.19. The molecule has 4 nitrogen and oxygen atoms in total. The predicted octanol–water partition coefficient (Wildman–Crippen LogP) is 2.89. The van der Waals surface area contributed by atoms with E-state index in [1.54, 1.807) is 0 Å². The van der Waals surface area contributed by atoms with E-state index in [2.05, 4.69) is 5.32 Å². The Morgan fingerprint density at radius 1 is 1.25 bits per heavy atom. The van der Waals surface area contributed by atoms with Crippen LogP contribution in [0.5, 0.6) is 0 Å². The molecule has 108 valence electrons. The Kier molecular flexibility index (Phi) is 3.81. The van der Waals surface area contributed by atoms with E-state index in [9.17, 15) is 4.79 Å². The van der Waals surface area contributed by atoms with E-state index in [1.165, 1.54) is 12.8 Å². The summed E-state index contributed by atoms with van der Waals surface area (Å²) in [6.07, 6.45) is 6.99. The van der Waals surface area contributed by atoms with Crippen molar-refractivity contribution in [2.24, 2.45) is 0 Å². The minimum absolute atomic E-state index is 0.0989. The lowest BCUT2D eigenvalue weighted by atomic mass is 10.2. The molecule has 1 aromatic rings. The van der Waals surface area contributed by atoms with Gasteiger partial charge in [-0.15, -0.1) is 0 Å². The van der Waals surface area contributed by atoms with Crippen LogP contribution < -0.4 is 11.1 Å². The van der Waals surface area contributed by atoms with Crippen LogP contribution in [-0.2, 0) is 6.54 Å². The average Bonchev–Trinajstić information content (AvgIpc) is 3.14. The van der Waals surface area contributed by atoms with Crippen molar-refractivity contribution in [2.75, 3.05) is 5.73 Å². The van der Waals surface area contributed by atoms with Crippen molar-refractivity contribution < 1.29 is 4.79 Å². The number of nitrogens with zero attached hydrogens (tertiary/aromatic N) is 1. The molecule has 0 aromatic heterocycles. The molecule has 3 N–H and O–H groups in total. The second-order valence-corrected chi connectivity index (χ2v) is 6.03. The molecule has 0 aliphatic heterocycles. The molecule has 20 heavy (non-hydrogen) atoms. The minimum atomic E-state index is 0.0989. The lowest BCUT2D eigenvalue weighted by molar-refractivity contribution is 0.188. The fraction of sp³-hybridized carbons (Fsp3) is 0.562. The number of rotatable bonds is 4. The normalized spacial score (nSPS) is 19.0. The summed E-state index contributed by atoms with van der Waals surface area (Å²) in [4.78, 5) is 14.4. The highest BCUT2D eigenvalue weighted by Crippen LogP contribution is 2.29. The number of amides is 2. The molecule has 0 unspecified atom stereocenters. The fourth-order valence-electron chi connectivity index (χ4n) is 2.97. The lowest BCUT2D eigenvalue weighted by Crippen LogP contribution is -2.44. The molecule has 2 aliphatic carbocycles. The fourth-order valence-corrected chi connectivity index (χ4v) is 2.97. The minimum Gasteiger partial charge on any atom is -0.399 e. The van der Waals surface area contributed by atoms with E-state index in [-0.39, 0.29) is 6.03 Å². The third kappa shape index (κ3) is 3.24. The van der Waals surface area contributed by atoms with Gasteiger partial charge in [-0.3, -0.25) is 0 Å². The molecule has 2 saturated carbocycles. The van der Waals surface area contributed by atoms with Gasteiger partial charge in [-0.1, -0.05) is 25.0 Å². The maximum atomic E-state index is 12.5. The van der Waals surface area contributed by atoms with E-state index in [1.807, 2.05) is 29.2 Å². The molecular weight excluding hydrogens is 250 g/mol. The van der Waals surface area contributed by atoms with Gasteiger partial charge in [0.05, 0.1) is 0 Å². The molecule has 3 rings (SSSR count). The highest BCUT2D eigenvalue weighted by Gasteiger charge is 2.33. The number of nitrogens with one attached hydrogen (secondary N) is 1. The number of hydrogen-bond donors (Lipinski definition) is 2. The summed E-state index contributed by atoms with van der Waals surface area (Å²) in [6, 6.07) is 8.71. The first-order valence-electron chi connectivity index (χ1n) is 7.64. The molecule has 0 radical (unpaired) electrons. The van der Waals surface area contributed by atoms with Crippen molar-refractivity contribution in [3.63, 3.8) is 0 Å². The summed E-state index contributed by atoms with van der Waals surface area (Å²) < 4.78 is 0. The van der Waals surface area contributed by atoms with Crippen LogP contribution in [0.3, 0.4) is 0 Å². The molecule has 0 bridgehead atoms.